The molecule has 20 heavy (non-hydrogen) atoms. The van der Waals surface area contributed by atoms with Gasteiger partial charge in [0.05, 0.1) is 11.3 Å². The minimum Gasteiger partial charge on any atom is -0.341 e. The summed E-state index contributed by atoms with van der Waals surface area (Å²) in [5.74, 6) is 0.831. The van der Waals surface area contributed by atoms with Gasteiger partial charge in [-0.1, -0.05) is 27.7 Å². The fourth-order valence-corrected chi connectivity index (χ4v) is 2.08. The molecule has 0 saturated heterocycles. The molecular formula is C15H26N4O. The van der Waals surface area contributed by atoms with Gasteiger partial charge in [0.25, 0.3) is 5.91 Å². The van der Waals surface area contributed by atoms with Crippen LogP contribution >= 0.6 is 0 Å². The van der Waals surface area contributed by atoms with E-state index in [1.807, 2.05) is 34.6 Å². The minimum atomic E-state index is -0.103. The van der Waals surface area contributed by atoms with Gasteiger partial charge in [0.15, 0.2) is 0 Å². The van der Waals surface area contributed by atoms with Crippen LogP contribution in [0.25, 0.3) is 0 Å². The van der Waals surface area contributed by atoms with Gasteiger partial charge in [-0.05, 0) is 24.8 Å². The van der Waals surface area contributed by atoms with Gasteiger partial charge in [-0.25, -0.2) is 9.97 Å². The van der Waals surface area contributed by atoms with E-state index < -0.39 is 0 Å². The van der Waals surface area contributed by atoms with E-state index in [1.165, 1.54) is 0 Å². The van der Waals surface area contributed by atoms with Gasteiger partial charge in [0.1, 0.15) is 5.82 Å². The largest absolute Gasteiger partial charge is 0.341 e. The average Bonchev–Trinajstić information content (AvgIpc) is 2.37. The molecule has 0 spiro atoms. The van der Waals surface area contributed by atoms with Crippen LogP contribution in [-0.4, -0.2) is 40.9 Å². The van der Waals surface area contributed by atoms with E-state index in [2.05, 4.69) is 9.97 Å². The fraction of sp³-hybridized carbons (Fsp3) is 0.667. The maximum absolute atomic E-state index is 12.6. The van der Waals surface area contributed by atoms with Crippen LogP contribution in [0.3, 0.4) is 0 Å². The van der Waals surface area contributed by atoms with Gasteiger partial charge >= 0.3 is 0 Å². The number of aromatic nitrogens is 2. The number of carbonyl (C=O) groups is 1. The van der Waals surface area contributed by atoms with Crippen molar-refractivity contribution in [1.29, 1.82) is 0 Å². The van der Waals surface area contributed by atoms with Gasteiger partial charge in [-0.3, -0.25) is 4.79 Å². The summed E-state index contributed by atoms with van der Waals surface area (Å²) in [6.07, 6.45) is 1.63. The molecule has 112 valence electrons. The molecule has 0 aliphatic carbocycles. The number of hydrogen-bond acceptors (Lipinski definition) is 4. The molecule has 0 fully saturated rings. The van der Waals surface area contributed by atoms with Gasteiger partial charge in [0, 0.05) is 19.8 Å². The zero-order chi connectivity index (χ0) is 15.5. The van der Waals surface area contributed by atoms with Crippen molar-refractivity contribution in [3.63, 3.8) is 0 Å². The molecule has 1 aromatic heterocycles. The second-order valence-electron chi connectivity index (χ2n) is 6.40. The van der Waals surface area contributed by atoms with Crippen molar-refractivity contribution < 1.29 is 4.79 Å². The first-order valence-corrected chi connectivity index (χ1v) is 6.97. The zero-order valence-corrected chi connectivity index (χ0v) is 13.4. The van der Waals surface area contributed by atoms with E-state index in [4.69, 9.17) is 5.73 Å². The van der Waals surface area contributed by atoms with Crippen LogP contribution in [0.2, 0.25) is 0 Å². The summed E-state index contributed by atoms with van der Waals surface area (Å²) in [6, 6.07) is 0. The third-order valence-corrected chi connectivity index (χ3v) is 3.28. The molecule has 1 rings (SSSR count). The highest BCUT2D eigenvalue weighted by Gasteiger charge is 2.24. The van der Waals surface area contributed by atoms with E-state index in [0.29, 0.717) is 24.5 Å². The molecule has 0 aromatic carbocycles. The van der Waals surface area contributed by atoms with Crippen molar-refractivity contribution >= 4 is 5.91 Å². The van der Waals surface area contributed by atoms with Gasteiger partial charge < -0.3 is 10.6 Å². The second kappa shape index (κ2) is 6.31. The van der Waals surface area contributed by atoms with E-state index in [1.54, 1.807) is 18.1 Å². The maximum atomic E-state index is 12.6. The first-order valence-electron chi connectivity index (χ1n) is 6.97. The van der Waals surface area contributed by atoms with Crippen LogP contribution in [-0.2, 0) is 0 Å². The Kier molecular flexibility index (Phi) is 5.22. The lowest BCUT2D eigenvalue weighted by atomic mass is 9.93. The van der Waals surface area contributed by atoms with Crippen molar-refractivity contribution in [2.45, 2.75) is 40.5 Å². The summed E-state index contributed by atoms with van der Waals surface area (Å²) in [5, 5.41) is 0. The highest BCUT2D eigenvalue weighted by molar-refractivity contribution is 5.95. The van der Waals surface area contributed by atoms with E-state index >= 15 is 0 Å². The fourth-order valence-electron chi connectivity index (χ4n) is 2.08. The first kappa shape index (κ1) is 16.6. The number of nitrogens with two attached hydrogens (primary N) is 1. The van der Waals surface area contributed by atoms with Crippen molar-refractivity contribution in [1.82, 2.24) is 14.9 Å². The maximum Gasteiger partial charge on any atom is 0.257 e. The van der Waals surface area contributed by atoms with Crippen molar-refractivity contribution in [2.24, 2.45) is 11.1 Å². The summed E-state index contributed by atoms with van der Waals surface area (Å²) in [6.45, 7) is 11.1. The van der Waals surface area contributed by atoms with E-state index in [0.717, 1.165) is 5.69 Å². The van der Waals surface area contributed by atoms with Crippen LogP contribution in [0.15, 0.2) is 6.20 Å². The average molecular weight is 278 g/mol. The SMILES string of the molecule is Cc1ncc(C(=O)N(C)CC(C)(C)CN)c(C(C)C)n1. The Morgan fingerprint density at radius 1 is 1.45 bits per heavy atom. The van der Waals surface area contributed by atoms with E-state index in [9.17, 15) is 4.79 Å². The van der Waals surface area contributed by atoms with Crippen molar-refractivity contribution in [3.8, 4) is 0 Å². The monoisotopic (exact) mass is 278 g/mol. The second-order valence-corrected chi connectivity index (χ2v) is 6.40. The van der Waals surface area contributed by atoms with Gasteiger partial charge in [-0.15, -0.1) is 0 Å². The van der Waals surface area contributed by atoms with E-state index in [-0.39, 0.29) is 17.2 Å². The zero-order valence-electron chi connectivity index (χ0n) is 13.4. The lowest BCUT2D eigenvalue weighted by Gasteiger charge is -2.29. The lowest BCUT2D eigenvalue weighted by molar-refractivity contribution is 0.0738. The molecule has 0 unspecified atom stereocenters. The lowest BCUT2D eigenvalue weighted by Crippen LogP contribution is -2.40. The molecule has 1 aromatic rings. The molecule has 0 bridgehead atoms. The minimum absolute atomic E-state index is 0.0461. The normalized spacial score (nSPS) is 11.8. The molecule has 0 aliphatic heterocycles. The third-order valence-electron chi connectivity index (χ3n) is 3.28. The summed E-state index contributed by atoms with van der Waals surface area (Å²) in [7, 11) is 1.80. The Morgan fingerprint density at radius 2 is 2.05 bits per heavy atom. The Balaban J connectivity index is 3.03. The van der Waals surface area contributed by atoms with Crippen LogP contribution in [0.5, 0.6) is 0 Å². The number of amides is 1. The molecule has 1 amide bonds. The van der Waals surface area contributed by atoms with Crippen LogP contribution in [0, 0.1) is 12.3 Å². The highest BCUT2D eigenvalue weighted by atomic mass is 16.2. The topological polar surface area (TPSA) is 72.1 Å². The number of rotatable bonds is 5. The number of nitrogens with zero attached hydrogens (tertiary/aromatic N) is 3. The van der Waals surface area contributed by atoms with Gasteiger partial charge in [0.2, 0.25) is 0 Å². The van der Waals surface area contributed by atoms with Crippen molar-refractivity contribution in [2.75, 3.05) is 20.1 Å². The summed E-state index contributed by atoms with van der Waals surface area (Å²) in [5.41, 5.74) is 7.02. The summed E-state index contributed by atoms with van der Waals surface area (Å²) < 4.78 is 0. The number of aryl methyl sites for hydroxylation is 1. The highest BCUT2D eigenvalue weighted by Crippen LogP contribution is 2.20. The molecule has 5 heteroatoms. The molecule has 0 aliphatic rings. The Hall–Kier alpha value is -1.49. The van der Waals surface area contributed by atoms with Crippen LogP contribution in [0.4, 0.5) is 0 Å². The molecule has 0 atom stereocenters. The molecular weight excluding hydrogens is 252 g/mol. The standard InChI is InChI=1S/C15H26N4O/c1-10(2)13-12(7-17-11(3)18-13)14(20)19(6)9-15(4,5)8-16/h7,10H,8-9,16H2,1-6H3. The number of carbonyl (C=O) groups excluding carboxylic acids is 1. The predicted octanol–water partition coefficient (Wildman–Crippen LogP) is 1.97. The van der Waals surface area contributed by atoms with Crippen LogP contribution < -0.4 is 5.73 Å². The Morgan fingerprint density at radius 3 is 2.55 bits per heavy atom. The molecule has 5 nitrogen and oxygen atoms in total. The Labute approximate surface area is 121 Å². The molecule has 2 N–H and O–H groups in total. The van der Waals surface area contributed by atoms with Gasteiger partial charge in [-0.2, -0.15) is 0 Å². The summed E-state index contributed by atoms with van der Waals surface area (Å²) >= 11 is 0. The smallest absolute Gasteiger partial charge is 0.257 e. The van der Waals surface area contributed by atoms with Crippen LogP contribution in [0.1, 0.15) is 55.5 Å². The molecule has 0 radical (unpaired) electrons. The third kappa shape index (κ3) is 4.00. The number of hydrogen-bond donors (Lipinski definition) is 1. The van der Waals surface area contributed by atoms with Crippen molar-refractivity contribution in [3.05, 3.63) is 23.3 Å². The quantitative estimate of drug-likeness (QED) is 0.893. The molecule has 0 saturated carbocycles. The first-order chi connectivity index (χ1) is 9.18. The molecule has 1 heterocycles. The Bertz CT molecular complexity index is 483. The summed E-state index contributed by atoms with van der Waals surface area (Å²) in [4.78, 5) is 22.8. The predicted molar refractivity (Wildman–Crippen MR) is 80.7 cm³/mol.